The molecule has 0 fully saturated rings. The molecule has 2 atom stereocenters. The van der Waals surface area contributed by atoms with Crippen LogP contribution in [0.4, 0.5) is 10.1 Å². The maximum Gasteiger partial charge on any atom is 0.128 e. The number of rotatable bonds is 2. The quantitative estimate of drug-likeness (QED) is 0.870. The topological polar surface area (TPSA) is 67.5 Å². The van der Waals surface area contributed by atoms with Crippen molar-refractivity contribution in [3.05, 3.63) is 29.6 Å². The van der Waals surface area contributed by atoms with Crippen LogP contribution in [0.15, 0.2) is 23.2 Å². The molecular weight excluding hydrogens is 265 g/mol. The fourth-order valence-corrected chi connectivity index (χ4v) is 3.19. The van der Waals surface area contributed by atoms with Crippen molar-refractivity contribution in [1.29, 1.82) is 0 Å². The molecule has 6 heteroatoms. The molecule has 0 amide bonds. The van der Waals surface area contributed by atoms with Crippen LogP contribution in [0.1, 0.15) is 25.5 Å². The van der Waals surface area contributed by atoms with E-state index in [4.69, 9.17) is 5.73 Å². The predicted octanol–water partition coefficient (Wildman–Crippen LogP) is 1.81. The van der Waals surface area contributed by atoms with Gasteiger partial charge in [0.1, 0.15) is 11.7 Å². The van der Waals surface area contributed by atoms with Crippen molar-refractivity contribution in [2.45, 2.75) is 24.6 Å². The summed E-state index contributed by atoms with van der Waals surface area (Å²) in [5.41, 5.74) is 7.09. The van der Waals surface area contributed by atoms with Crippen LogP contribution in [-0.2, 0) is 10.8 Å². The molecule has 0 aliphatic carbocycles. The molecule has 0 saturated heterocycles. The van der Waals surface area contributed by atoms with Crippen molar-refractivity contribution >= 4 is 22.3 Å². The second kappa shape index (κ2) is 4.92. The van der Waals surface area contributed by atoms with E-state index in [2.05, 4.69) is 10.3 Å². The Morgan fingerprint density at radius 1 is 1.53 bits per heavy atom. The van der Waals surface area contributed by atoms with E-state index in [1.165, 1.54) is 6.07 Å². The summed E-state index contributed by atoms with van der Waals surface area (Å²) in [4.78, 5) is 4.33. The van der Waals surface area contributed by atoms with Crippen molar-refractivity contribution in [1.82, 2.24) is 0 Å². The summed E-state index contributed by atoms with van der Waals surface area (Å²) in [6, 6.07) is 4.24. The van der Waals surface area contributed by atoms with Crippen LogP contribution in [0.25, 0.3) is 0 Å². The monoisotopic (exact) mass is 283 g/mol. The molecule has 0 saturated carbocycles. The van der Waals surface area contributed by atoms with E-state index in [-0.39, 0.29) is 11.6 Å². The van der Waals surface area contributed by atoms with E-state index in [1.807, 2.05) is 0 Å². The van der Waals surface area contributed by atoms with Crippen LogP contribution in [0.2, 0.25) is 0 Å². The van der Waals surface area contributed by atoms with Gasteiger partial charge in [-0.15, -0.1) is 0 Å². The Bertz CT molecular complexity index is 557. The Kier molecular flexibility index (Phi) is 3.62. The lowest BCUT2D eigenvalue weighted by atomic mass is 10.1. The molecule has 0 spiro atoms. The highest BCUT2D eigenvalue weighted by molar-refractivity contribution is 7.87. The second-order valence-electron chi connectivity index (χ2n) is 5.04. The van der Waals surface area contributed by atoms with Crippen LogP contribution >= 0.6 is 0 Å². The first-order chi connectivity index (χ1) is 8.86. The number of aliphatic imine (C=N–C) groups is 1. The number of nitrogens with one attached hydrogen (secondary N) is 1. The molecular formula is C13H18FN3OS. The lowest BCUT2D eigenvalue weighted by Crippen LogP contribution is -2.47. The van der Waals surface area contributed by atoms with E-state index < -0.39 is 21.6 Å². The van der Waals surface area contributed by atoms with Crippen LogP contribution in [0.3, 0.4) is 0 Å². The van der Waals surface area contributed by atoms with Gasteiger partial charge in [-0.2, -0.15) is 0 Å². The van der Waals surface area contributed by atoms with Gasteiger partial charge in [-0.3, -0.25) is 9.20 Å². The van der Waals surface area contributed by atoms with Crippen molar-refractivity contribution in [2.24, 2.45) is 10.7 Å². The van der Waals surface area contributed by atoms with Gasteiger partial charge in [-0.05, 0) is 32.0 Å². The Morgan fingerprint density at radius 3 is 2.79 bits per heavy atom. The summed E-state index contributed by atoms with van der Waals surface area (Å²) in [5, 5.41) is 2.95. The average molecular weight is 283 g/mol. The summed E-state index contributed by atoms with van der Waals surface area (Å²) in [6.07, 6.45) is 0. The molecule has 1 aromatic rings. The van der Waals surface area contributed by atoms with E-state index in [0.717, 1.165) is 5.69 Å². The number of hydrogen-bond donors (Lipinski definition) is 2. The molecule has 4 nitrogen and oxygen atoms in total. The van der Waals surface area contributed by atoms with Gasteiger partial charge >= 0.3 is 0 Å². The number of halogens is 1. The molecule has 1 aliphatic rings. The molecule has 0 radical (unpaired) electrons. The molecule has 2 rings (SSSR count). The molecule has 0 bridgehead atoms. The first-order valence-corrected chi connectivity index (χ1v) is 7.37. The van der Waals surface area contributed by atoms with Gasteiger partial charge in [0.15, 0.2) is 0 Å². The Morgan fingerprint density at radius 2 is 2.21 bits per heavy atom. The maximum atomic E-state index is 13.9. The third-order valence-electron chi connectivity index (χ3n) is 3.43. The second-order valence-corrected chi connectivity index (χ2v) is 7.08. The molecule has 3 N–H and O–H groups in total. The van der Waals surface area contributed by atoms with Gasteiger partial charge in [0.2, 0.25) is 0 Å². The Labute approximate surface area is 114 Å². The summed E-state index contributed by atoms with van der Waals surface area (Å²) in [6.45, 7) is 3.58. The molecule has 1 aliphatic heterocycles. The zero-order chi connectivity index (χ0) is 14.2. The van der Waals surface area contributed by atoms with E-state index in [9.17, 15) is 8.60 Å². The van der Waals surface area contributed by atoms with Crippen LogP contribution in [0.5, 0.6) is 0 Å². The maximum absolute atomic E-state index is 13.9. The molecule has 0 aromatic heterocycles. The lowest BCUT2D eigenvalue weighted by Gasteiger charge is -2.31. The van der Waals surface area contributed by atoms with Crippen molar-refractivity contribution in [3.63, 3.8) is 0 Å². The number of amidine groups is 1. The SMILES string of the molecule is CNc1ccc(F)c(C2CS(=O)C(C)(C)C(N)=N2)c1. The van der Waals surface area contributed by atoms with Crippen molar-refractivity contribution in [2.75, 3.05) is 18.1 Å². The third kappa shape index (κ3) is 2.49. The average Bonchev–Trinajstić information content (AvgIpc) is 2.36. The van der Waals surface area contributed by atoms with Gasteiger partial charge in [-0.1, -0.05) is 0 Å². The molecule has 2 unspecified atom stereocenters. The minimum absolute atomic E-state index is 0.289. The van der Waals surface area contributed by atoms with Gasteiger partial charge in [0.05, 0.1) is 16.5 Å². The van der Waals surface area contributed by atoms with Crippen molar-refractivity contribution < 1.29 is 8.60 Å². The van der Waals surface area contributed by atoms with E-state index in [1.54, 1.807) is 33.0 Å². The standard InChI is InChI=1S/C13H18FN3OS/c1-13(2)12(15)17-11(7-19(13)18)9-6-8(16-3)4-5-10(9)14/h4-6,11,16H,7H2,1-3H3,(H2,15,17). The smallest absolute Gasteiger partial charge is 0.128 e. The van der Waals surface area contributed by atoms with Gasteiger partial charge in [-0.25, -0.2) is 4.39 Å². The fraction of sp³-hybridized carbons (Fsp3) is 0.462. The minimum atomic E-state index is -1.17. The van der Waals surface area contributed by atoms with Gasteiger partial charge in [0, 0.05) is 29.1 Å². The zero-order valence-electron chi connectivity index (χ0n) is 11.2. The van der Waals surface area contributed by atoms with Crippen LogP contribution in [-0.4, -0.2) is 27.6 Å². The lowest BCUT2D eigenvalue weighted by molar-refractivity contribution is 0.587. The molecule has 1 aromatic carbocycles. The van der Waals surface area contributed by atoms with E-state index >= 15 is 0 Å². The number of nitrogens with two attached hydrogens (primary N) is 1. The number of benzene rings is 1. The highest BCUT2D eigenvalue weighted by atomic mass is 32.2. The predicted molar refractivity (Wildman–Crippen MR) is 77.4 cm³/mol. The summed E-state index contributed by atoms with van der Waals surface area (Å²) < 4.78 is 25.4. The molecule has 104 valence electrons. The molecule has 1 heterocycles. The number of nitrogens with zero attached hydrogens (tertiary/aromatic N) is 1. The summed E-state index contributed by atoms with van der Waals surface area (Å²) in [7, 11) is 0.590. The first kappa shape index (κ1) is 14.0. The Hall–Kier alpha value is -1.43. The van der Waals surface area contributed by atoms with Gasteiger partial charge < -0.3 is 11.1 Å². The Balaban J connectivity index is 2.44. The fourth-order valence-electron chi connectivity index (χ4n) is 1.94. The van der Waals surface area contributed by atoms with Crippen LogP contribution in [0, 0.1) is 5.82 Å². The largest absolute Gasteiger partial charge is 0.388 e. The van der Waals surface area contributed by atoms with E-state index in [0.29, 0.717) is 11.4 Å². The first-order valence-electron chi connectivity index (χ1n) is 6.05. The summed E-state index contributed by atoms with van der Waals surface area (Å²) in [5.74, 6) is 0.256. The number of hydrogen-bond acceptors (Lipinski definition) is 4. The normalized spacial score (nSPS) is 25.8. The number of anilines is 1. The van der Waals surface area contributed by atoms with Gasteiger partial charge in [0.25, 0.3) is 0 Å². The van der Waals surface area contributed by atoms with Crippen LogP contribution < -0.4 is 11.1 Å². The minimum Gasteiger partial charge on any atom is -0.388 e. The highest BCUT2D eigenvalue weighted by Crippen LogP contribution is 2.31. The third-order valence-corrected chi connectivity index (χ3v) is 5.40. The highest BCUT2D eigenvalue weighted by Gasteiger charge is 2.37. The van der Waals surface area contributed by atoms with Crippen molar-refractivity contribution in [3.8, 4) is 0 Å². The summed E-state index contributed by atoms with van der Waals surface area (Å²) >= 11 is 0. The molecule has 19 heavy (non-hydrogen) atoms. The zero-order valence-corrected chi connectivity index (χ0v) is 12.1.